The SMILES string of the molecule is C=C(C)N1C(=O)NC2CC=CC=C21.[H-].[Na+]. The number of nitrogens with zero attached hydrogens (tertiary/aromatic N) is 1. The smallest absolute Gasteiger partial charge is 1.00 e. The molecule has 3 nitrogen and oxygen atoms in total. The first-order valence-corrected chi connectivity index (χ1v) is 4.33. The van der Waals surface area contributed by atoms with Crippen molar-refractivity contribution < 1.29 is 35.8 Å². The topological polar surface area (TPSA) is 32.3 Å². The fourth-order valence-corrected chi connectivity index (χ4v) is 1.71. The molecule has 1 aliphatic heterocycles. The minimum absolute atomic E-state index is 0. The van der Waals surface area contributed by atoms with E-state index in [1.807, 2.05) is 19.1 Å². The summed E-state index contributed by atoms with van der Waals surface area (Å²) in [5.41, 5.74) is 1.78. The molecule has 14 heavy (non-hydrogen) atoms. The van der Waals surface area contributed by atoms with Crippen molar-refractivity contribution in [3.8, 4) is 0 Å². The Kier molecular flexibility index (Phi) is 3.59. The Morgan fingerprint density at radius 3 is 3.14 bits per heavy atom. The second-order valence-electron chi connectivity index (χ2n) is 3.33. The van der Waals surface area contributed by atoms with Gasteiger partial charge in [0.2, 0.25) is 0 Å². The van der Waals surface area contributed by atoms with E-state index in [2.05, 4.69) is 18.0 Å². The van der Waals surface area contributed by atoms with Gasteiger partial charge in [0.15, 0.2) is 0 Å². The molecule has 0 radical (unpaired) electrons. The Hall–Kier alpha value is -0.510. The third-order valence-corrected chi connectivity index (χ3v) is 2.27. The van der Waals surface area contributed by atoms with E-state index in [1.165, 1.54) is 0 Å². The van der Waals surface area contributed by atoms with E-state index in [4.69, 9.17) is 0 Å². The quantitative estimate of drug-likeness (QED) is 0.534. The number of amides is 2. The third-order valence-electron chi connectivity index (χ3n) is 2.27. The van der Waals surface area contributed by atoms with Crippen molar-refractivity contribution in [3.05, 3.63) is 36.2 Å². The third kappa shape index (κ3) is 1.80. The van der Waals surface area contributed by atoms with E-state index in [-0.39, 0.29) is 43.1 Å². The summed E-state index contributed by atoms with van der Waals surface area (Å²) in [6, 6.07) is 0.0849. The predicted octanol–water partition coefficient (Wildman–Crippen LogP) is -1.13. The number of allylic oxidation sites excluding steroid dienone is 3. The minimum atomic E-state index is -0.0625. The number of rotatable bonds is 1. The van der Waals surface area contributed by atoms with Crippen molar-refractivity contribution in [2.45, 2.75) is 19.4 Å². The van der Waals surface area contributed by atoms with Gasteiger partial charge < -0.3 is 6.74 Å². The van der Waals surface area contributed by atoms with Crippen LogP contribution in [0.5, 0.6) is 0 Å². The number of urea groups is 1. The summed E-state index contributed by atoms with van der Waals surface area (Å²) in [6.07, 6.45) is 6.86. The molecular formula is C10H13N2NaO. The monoisotopic (exact) mass is 200 g/mol. The summed E-state index contributed by atoms with van der Waals surface area (Å²) in [4.78, 5) is 13.1. The zero-order valence-electron chi connectivity index (χ0n) is 9.58. The maximum absolute atomic E-state index is 11.5. The first-order chi connectivity index (χ1) is 6.20. The van der Waals surface area contributed by atoms with Crippen molar-refractivity contribution in [1.29, 1.82) is 0 Å². The van der Waals surface area contributed by atoms with Gasteiger partial charge in [0.25, 0.3) is 0 Å². The molecule has 2 rings (SSSR count). The molecule has 1 N–H and O–H groups in total. The van der Waals surface area contributed by atoms with Crippen LogP contribution in [0, 0.1) is 0 Å². The molecule has 0 saturated carbocycles. The summed E-state index contributed by atoms with van der Waals surface area (Å²) in [6.45, 7) is 5.61. The van der Waals surface area contributed by atoms with Gasteiger partial charge in [-0.25, -0.2) is 4.79 Å². The Morgan fingerprint density at radius 1 is 1.79 bits per heavy atom. The standard InChI is InChI=1S/C10H12N2O.Na.H/c1-7(2)12-9-6-4-3-5-8(9)11-10(12)13;;/h3-4,6,8H,1,5H2,2H3,(H,11,13);;/q;+1;-1. The fraction of sp³-hybridized carbons (Fsp3) is 0.300. The Bertz CT molecular complexity index is 338. The molecule has 0 aromatic heterocycles. The van der Waals surface area contributed by atoms with Gasteiger partial charge in [-0.1, -0.05) is 18.7 Å². The Labute approximate surface area is 107 Å². The van der Waals surface area contributed by atoms with Crippen LogP contribution in [0.15, 0.2) is 36.2 Å². The zero-order chi connectivity index (χ0) is 9.42. The second-order valence-corrected chi connectivity index (χ2v) is 3.33. The van der Waals surface area contributed by atoms with Gasteiger partial charge in [0.1, 0.15) is 0 Å². The van der Waals surface area contributed by atoms with Crippen LogP contribution in [-0.2, 0) is 0 Å². The second kappa shape index (κ2) is 4.34. The van der Waals surface area contributed by atoms with Crippen LogP contribution in [0.2, 0.25) is 0 Å². The maximum atomic E-state index is 11.5. The van der Waals surface area contributed by atoms with Gasteiger partial charge in [0.05, 0.1) is 11.7 Å². The van der Waals surface area contributed by atoms with E-state index < -0.39 is 0 Å². The van der Waals surface area contributed by atoms with Crippen molar-refractivity contribution >= 4 is 6.03 Å². The average Bonchev–Trinajstić information content (AvgIpc) is 2.39. The van der Waals surface area contributed by atoms with Gasteiger partial charge >= 0.3 is 35.6 Å². The summed E-state index contributed by atoms with van der Waals surface area (Å²) in [7, 11) is 0. The molecule has 1 heterocycles. The first-order valence-electron chi connectivity index (χ1n) is 4.33. The van der Waals surface area contributed by atoms with Crippen LogP contribution in [-0.4, -0.2) is 17.0 Å². The van der Waals surface area contributed by atoms with Crippen molar-refractivity contribution in [2.24, 2.45) is 0 Å². The molecular weight excluding hydrogens is 187 g/mol. The molecule has 2 aliphatic rings. The molecule has 0 aromatic carbocycles. The first kappa shape index (κ1) is 11.6. The van der Waals surface area contributed by atoms with E-state index in [0.717, 1.165) is 17.8 Å². The number of fused-ring (bicyclic) bond motifs is 1. The van der Waals surface area contributed by atoms with Gasteiger partial charge in [-0.3, -0.25) is 4.90 Å². The summed E-state index contributed by atoms with van der Waals surface area (Å²) in [5.74, 6) is 0. The largest absolute Gasteiger partial charge is 1.00 e. The van der Waals surface area contributed by atoms with E-state index >= 15 is 0 Å². The number of carbonyl (C=O) groups excluding carboxylic acids is 1. The number of hydrogen-bond acceptors (Lipinski definition) is 1. The van der Waals surface area contributed by atoms with E-state index in [9.17, 15) is 4.79 Å². The minimum Gasteiger partial charge on any atom is -1.00 e. The van der Waals surface area contributed by atoms with Gasteiger partial charge in [-0.15, -0.1) is 0 Å². The van der Waals surface area contributed by atoms with Crippen molar-refractivity contribution in [3.63, 3.8) is 0 Å². The zero-order valence-corrected chi connectivity index (χ0v) is 10.6. The molecule has 1 atom stereocenters. The Morgan fingerprint density at radius 2 is 2.50 bits per heavy atom. The summed E-state index contributed by atoms with van der Waals surface area (Å²) in [5, 5.41) is 2.89. The molecule has 4 heteroatoms. The van der Waals surface area contributed by atoms with Crippen LogP contribution in [0.25, 0.3) is 0 Å². The van der Waals surface area contributed by atoms with Gasteiger partial charge in [-0.05, 0) is 19.4 Å². The van der Waals surface area contributed by atoms with Crippen LogP contribution in [0.1, 0.15) is 14.8 Å². The molecule has 0 bridgehead atoms. The van der Waals surface area contributed by atoms with Gasteiger partial charge in [0, 0.05) is 5.70 Å². The number of carbonyl (C=O) groups is 1. The fourth-order valence-electron chi connectivity index (χ4n) is 1.71. The predicted molar refractivity (Wildman–Crippen MR) is 51.9 cm³/mol. The number of hydrogen-bond donors (Lipinski definition) is 1. The summed E-state index contributed by atoms with van der Waals surface area (Å²) >= 11 is 0. The molecule has 2 amide bonds. The van der Waals surface area contributed by atoms with E-state index in [1.54, 1.807) is 4.90 Å². The van der Waals surface area contributed by atoms with Crippen molar-refractivity contribution in [2.75, 3.05) is 0 Å². The Balaban J connectivity index is 0.000000980. The molecule has 1 aliphatic carbocycles. The van der Waals surface area contributed by atoms with Gasteiger partial charge in [-0.2, -0.15) is 0 Å². The normalized spacial score (nSPS) is 23.5. The molecule has 0 spiro atoms. The van der Waals surface area contributed by atoms with E-state index in [0.29, 0.717) is 0 Å². The molecule has 1 saturated heterocycles. The van der Waals surface area contributed by atoms with Crippen LogP contribution in [0.3, 0.4) is 0 Å². The molecule has 70 valence electrons. The van der Waals surface area contributed by atoms with Crippen LogP contribution < -0.4 is 34.9 Å². The average molecular weight is 200 g/mol. The molecule has 1 fully saturated rings. The van der Waals surface area contributed by atoms with Crippen LogP contribution in [0.4, 0.5) is 4.79 Å². The summed E-state index contributed by atoms with van der Waals surface area (Å²) < 4.78 is 0. The maximum Gasteiger partial charge on any atom is 1.00 e. The van der Waals surface area contributed by atoms with Crippen LogP contribution >= 0.6 is 0 Å². The number of nitrogens with one attached hydrogen (secondary N) is 1. The molecule has 1 unspecified atom stereocenters. The molecule has 0 aromatic rings. The van der Waals surface area contributed by atoms with Crippen molar-refractivity contribution in [1.82, 2.24) is 10.2 Å².